The highest BCUT2D eigenvalue weighted by Crippen LogP contribution is 1.93. The number of nitrogens with zero attached hydrogens (tertiary/aromatic N) is 1. The predicted octanol–water partition coefficient (Wildman–Crippen LogP) is 1.10. The van der Waals surface area contributed by atoms with Gasteiger partial charge < -0.3 is 10.2 Å². The topological polar surface area (TPSA) is 70.4 Å². The van der Waals surface area contributed by atoms with E-state index in [1.54, 1.807) is 24.4 Å². The Hall–Kier alpha value is -1.42. The lowest BCUT2D eigenvalue weighted by atomic mass is 10.3. The first-order valence-corrected chi connectivity index (χ1v) is 4.43. The van der Waals surface area contributed by atoms with E-state index in [4.69, 9.17) is 10.2 Å². The number of carbonyl (C=O) groups is 1. The van der Waals surface area contributed by atoms with Crippen LogP contribution in [0, 0.1) is 0 Å². The Morgan fingerprint density at radius 2 is 2.14 bits per heavy atom. The van der Waals surface area contributed by atoms with Crippen molar-refractivity contribution in [1.82, 2.24) is 4.98 Å². The first-order valence-electron chi connectivity index (χ1n) is 4.43. The quantitative estimate of drug-likeness (QED) is 0.761. The van der Waals surface area contributed by atoms with Crippen molar-refractivity contribution >= 4 is 5.97 Å². The molecule has 14 heavy (non-hydrogen) atoms. The Bertz CT molecular complexity index is 247. The molecule has 0 aliphatic heterocycles. The summed E-state index contributed by atoms with van der Waals surface area (Å²) in [7, 11) is 0. The smallest absolute Gasteiger partial charge is 0.309 e. The molecule has 0 amide bonds. The molecule has 0 unspecified atom stereocenters. The molecule has 78 valence electrons. The third-order valence-corrected chi connectivity index (χ3v) is 1.28. The predicted molar refractivity (Wildman–Crippen MR) is 53.0 cm³/mol. The summed E-state index contributed by atoms with van der Waals surface area (Å²) < 4.78 is 0. The third-order valence-electron chi connectivity index (χ3n) is 1.28. The van der Waals surface area contributed by atoms with Gasteiger partial charge in [0.05, 0.1) is 12.1 Å². The van der Waals surface area contributed by atoms with Gasteiger partial charge in [0, 0.05) is 12.8 Å². The Balaban J connectivity index is 0.000000364. The molecule has 0 saturated carbocycles. The lowest BCUT2D eigenvalue weighted by molar-refractivity contribution is -0.136. The van der Waals surface area contributed by atoms with Crippen molar-refractivity contribution in [2.24, 2.45) is 0 Å². The van der Waals surface area contributed by atoms with Gasteiger partial charge in [-0.05, 0) is 18.6 Å². The van der Waals surface area contributed by atoms with Crippen molar-refractivity contribution < 1.29 is 15.0 Å². The largest absolute Gasteiger partial charge is 0.481 e. The summed E-state index contributed by atoms with van der Waals surface area (Å²) in [4.78, 5) is 14.0. The Kier molecular flexibility index (Phi) is 7.36. The molecule has 0 fully saturated rings. The van der Waals surface area contributed by atoms with Crippen LogP contribution in [0.15, 0.2) is 24.4 Å². The third kappa shape index (κ3) is 7.24. The molecule has 0 spiro atoms. The fraction of sp³-hybridized carbons (Fsp3) is 0.400. The van der Waals surface area contributed by atoms with E-state index in [0.717, 1.165) is 6.42 Å². The number of carboxylic acid groups (broad SMARTS) is 1. The van der Waals surface area contributed by atoms with E-state index in [1.165, 1.54) is 0 Å². The van der Waals surface area contributed by atoms with E-state index in [2.05, 4.69) is 4.98 Å². The number of aliphatic hydroxyl groups excluding tert-OH is 1. The van der Waals surface area contributed by atoms with Crippen LogP contribution in [0.3, 0.4) is 0 Å². The number of aliphatic hydroxyl groups is 1. The van der Waals surface area contributed by atoms with Crippen LogP contribution in [0.4, 0.5) is 0 Å². The number of rotatable bonds is 3. The number of aromatic nitrogens is 1. The summed E-state index contributed by atoms with van der Waals surface area (Å²) in [6, 6.07) is 5.21. The second-order valence-corrected chi connectivity index (χ2v) is 2.62. The number of hydrogen-bond acceptors (Lipinski definition) is 3. The molecule has 1 aromatic rings. The first kappa shape index (κ1) is 12.6. The Morgan fingerprint density at radius 1 is 1.50 bits per heavy atom. The molecule has 0 aliphatic rings. The molecule has 4 heteroatoms. The molecule has 0 bridgehead atoms. The zero-order valence-corrected chi connectivity index (χ0v) is 8.18. The lowest BCUT2D eigenvalue weighted by Gasteiger charge is -1.91. The van der Waals surface area contributed by atoms with Crippen molar-refractivity contribution in [3.8, 4) is 0 Å². The molecule has 0 aliphatic carbocycles. The Labute approximate surface area is 83.2 Å². The summed E-state index contributed by atoms with van der Waals surface area (Å²) >= 11 is 0. The van der Waals surface area contributed by atoms with E-state index in [-0.39, 0.29) is 6.42 Å². The van der Waals surface area contributed by atoms with E-state index < -0.39 is 5.97 Å². The van der Waals surface area contributed by atoms with Gasteiger partial charge in [-0.2, -0.15) is 0 Å². The summed E-state index contributed by atoms with van der Waals surface area (Å²) in [5.74, 6) is -0.848. The molecule has 0 atom stereocenters. The van der Waals surface area contributed by atoms with Crippen LogP contribution in [0.5, 0.6) is 0 Å². The van der Waals surface area contributed by atoms with Crippen molar-refractivity contribution in [1.29, 1.82) is 0 Å². The van der Waals surface area contributed by atoms with Gasteiger partial charge in [-0.25, -0.2) is 0 Å². The van der Waals surface area contributed by atoms with Crippen LogP contribution in [0.25, 0.3) is 0 Å². The van der Waals surface area contributed by atoms with E-state index in [1.807, 2.05) is 6.92 Å². The van der Waals surface area contributed by atoms with Gasteiger partial charge >= 0.3 is 5.97 Å². The highest BCUT2D eigenvalue weighted by molar-refractivity contribution is 5.69. The SMILES string of the molecule is CCCO.O=C(O)Cc1ccccn1. The van der Waals surface area contributed by atoms with Crippen molar-refractivity contribution in [3.63, 3.8) is 0 Å². The summed E-state index contributed by atoms with van der Waals surface area (Å²) in [6.07, 6.45) is 2.46. The van der Waals surface area contributed by atoms with Gasteiger partial charge in [0.2, 0.25) is 0 Å². The number of aliphatic carboxylic acids is 1. The Morgan fingerprint density at radius 3 is 2.50 bits per heavy atom. The lowest BCUT2D eigenvalue weighted by Crippen LogP contribution is -2.01. The molecular weight excluding hydrogens is 182 g/mol. The summed E-state index contributed by atoms with van der Waals surface area (Å²) in [5.41, 5.74) is 0.593. The van der Waals surface area contributed by atoms with E-state index in [9.17, 15) is 4.79 Å². The highest BCUT2D eigenvalue weighted by Gasteiger charge is 1.98. The van der Waals surface area contributed by atoms with Gasteiger partial charge in [0.15, 0.2) is 0 Å². The number of hydrogen-bond donors (Lipinski definition) is 2. The molecule has 1 rings (SSSR count). The van der Waals surface area contributed by atoms with Crippen LogP contribution >= 0.6 is 0 Å². The monoisotopic (exact) mass is 197 g/mol. The maximum absolute atomic E-state index is 10.1. The van der Waals surface area contributed by atoms with Crippen LogP contribution < -0.4 is 0 Å². The second kappa shape index (κ2) is 8.19. The van der Waals surface area contributed by atoms with E-state index >= 15 is 0 Å². The molecule has 4 nitrogen and oxygen atoms in total. The van der Waals surface area contributed by atoms with E-state index in [0.29, 0.717) is 12.3 Å². The van der Waals surface area contributed by atoms with Crippen molar-refractivity contribution in [2.45, 2.75) is 19.8 Å². The zero-order valence-electron chi connectivity index (χ0n) is 8.18. The summed E-state index contributed by atoms with van der Waals surface area (Å²) in [5, 5.41) is 16.2. The second-order valence-electron chi connectivity index (χ2n) is 2.62. The maximum Gasteiger partial charge on any atom is 0.309 e. The minimum Gasteiger partial charge on any atom is -0.481 e. The van der Waals surface area contributed by atoms with Crippen molar-refractivity contribution in [2.75, 3.05) is 6.61 Å². The molecular formula is C10H15NO3. The minimum atomic E-state index is -0.848. The van der Waals surface area contributed by atoms with Gasteiger partial charge in [-0.15, -0.1) is 0 Å². The zero-order chi connectivity index (χ0) is 10.8. The van der Waals surface area contributed by atoms with Crippen LogP contribution in [-0.2, 0) is 11.2 Å². The standard InChI is InChI=1S/C7H7NO2.C3H8O/c9-7(10)5-6-3-1-2-4-8-6;1-2-3-4/h1-4H,5H2,(H,9,10);4H,2-3H2,1H3. The van der Waals surface area contributed by atoms with Gasteiger partial charge in [0.1, 0.15) is 0 Å². The number of carboxylic acids is 1. The molecule has 1 aromatic heterocycles. The average Bonchev–Trinajstić information content (AvgIpc) is 2.19. The first-order chi connectivity index (χ1) is 6.70. The molecule has 1 heterocycles. The average molecular weight is 197 g/mol. The fourth-order valence-corrected chi connectivity index (χ4v) is 0.658. The van der Waals surface area contributed by atoms with Crippen LogP contribution in [-0.4, -0.2) is 27.8 Å². The van der Waals surface area contributed by atoms with Gasteiger partial charge in [-0.1, -0.05) is 13.0 Å². The summed E-state index contributed by atoms with van der Waals surface area (Å²) in [6.45, 7) is 2.25. The highest BCUT2D eigenvalue weighted by atomic mass is 16.4. The van der Waals surface area contributed by atoms with Crippen molar-refractivity contribution in [3.05, 3.63) is 30.1 Å². The molecule has 0 radical (unpaired) electrons. The van der Waals surface area contributed by atoms with Crippen LogP contribution in [0.1, 0.15) is 19.0 Å². The van der Waals surface area contributed by atoms with Gasteiger partial charge in [-0.3, -0.25) is 9.78 Å². The number of pyridine rings is 1. The van der Waals surface area contributed by atoms with Gasteiger partial charge in [0.25, 0.3) is 0 Å². The minimum absolute atomic E-state index is 0.000833. The normalized spacial score (nSPS) is 8.71. The molecule has 0 aromatic carbocycles. The van der Waals surface area contributed by atoms with Crippen LogP contribution in [0.2, 0.25) is 0 Å². The molecule has 0 saturated heterocycles. The molecule has 2 N–H and O–H groups in total. The maximum atomic E-state index is 10.1. The fourth-order valence-electron chi connectivity index (χ4n) is 0.658.